The smallest absolute Gasteiger partial charge is 0.259 e. The number of likely N-dealkylation sites (N-methyl/N-ethyl adjacent to an activating group) is 1. The second-order valence-corrected chi connectivity index (χ2v) is 12.5. The quantitative estimate of drug-likeness (QED) is 0.565. The summed E-state index contributed by atoms with van der Waals surface area (Å²) in [5.41, 5.74) is 0.850. The van der Waals surface area contributed by atoms with Crippen molar-refractivity contribution < 1.29 is 23.1 Å². The Morgan fingerprint density at radius 1 is 1.37 bits per heavy atom. The molecule has 1 amide bonds. The Balaban J connectivity index is 1.97. The van der Waals surface area contributed by atoms with Crippen LogP contribution in [-0.2, 0) is 10.0 Å². The highest BCUT2D eigenvalue weighted by atomic mass is 32.2. The normalized spacial score (nSPS) is 19.4. The molecule has 0 bridgehead atoms. The van der Waals surface area contributed by atoms with Gasteiger partial charge in [0.25, 0.3) is 15.9 Å². The Labute approximate surface area is 212 Å². The molecule has 35 heavy (non-hydrogen) atoms. The lowest BCUT2D eigenvalue weighted by molar-refractivity contribution is 0.0373. The number of carbonyl (C=O) groups excluding carboxylic acids is 1. The summed E-state index contributed by atoms with van der Waals surface area (Å²) < 4.78 is 33.7. The molecule has 1 N–H and O–H groups in total. The fourth-order valence-corrected chi connectivity index (χ4v) is 6.05. The predicted molar refractivity (Wildman–Crippen MR) is 136 cm³/mol. The average molecular weight is 520 g/mol. The zero-order valence-corrected chi connectivity index (χ0v) is 22.4. The molecule has 0 radical (unpaired) electrons. The molecular weight excluding hydrogens is 486 g/mol. The zero-order chi connectivity index (χ0) is 25.8. The first-order valence-electron chi connectivity index (χ1n) is 11.6. The van der Waals surface area contributed by atoms with Gasteiger partial charge in [0.2, 0.25) is 5.88 Å². The van der Waals surface area contributed by atoms with E-state index in [1.807, 2.05) is 6.92 Å². The molecule has 1 aliphatic heterocycles. The Kier molecular flexibility index (Phi) is 8.94. The molecule has 3 atom stereocenters. The fourth-order valence-electron chi connectivity index (χ4n) is 3.66. The van der Waals surface area contributed by atoms with E-state index < -0.39 is 22.2 Å². The molecule has 2 aromatic rings. The molecule has 190 valence electrons. The van der Waals surface area contributed by atoms with Gasteiger partial charge in [0.1, 0.15) is 15.9 Å². The number of aromatic nitrogens is 1. The zero-order valence-electron chi connectivity index (χ0n) is 20.8. The Hall–Kier alpha value is -2.45. The summed E-state index contributed by atoms with van der Waals surface area (Å²) in [6.07, 6.45) is 1.72. The highest BCUT2D eigenvalue weighted by Gasteiger charge is 2.36. The third-order valence-corrected chi connectivity index (χ3v) is 9.06. The van der Waals surface area contributed by atoms with E-state index in [2.05, 4.69) is 30.7 Å². The first-order valence-corrected chi connectivity index (χ1v) is 13.9. The summed E-state index contributed by atoms with van der Waals surface area (Å²) in [4.78, 5) is 19.4. The van der Waals surface area contributed by atoms with Gasteiger partial charge in [0, 0.05) is 37.7 Å². The maximum Gasteiger partial charge on any atom is 0.259 e. The number of aliphatic hydroxyl groups is 1. The first-order chi connectivity index (χ1) is 16.5. The SMILES string of the molecule is CC(C)CC#Cc1cnc2c(c1)C(=O)N([C@H](C)CO)C[C@@H](C)[C@H](CN(C)S(=O)(=O)c1cccs1)O2. The van der Waals surface area contributed by atoms with Crippen LogP contribution in [0.3, 0.4) is 0 Å². The summed E-state index contributed by atoms with van der Waals surface area (Å²) in [5, 5.41) is 11.5. The molecular formula is C25H33N3O5S2. The number of hydrogen-bond acceptors (Lipinski definition) is 7. The summed E-state index contributed by atoms with van der Waals surface area (Å²) >= 11 is 1.16. The second kappa shape index (κ2) is 11.5. The van der Waals surface area contributed by atoms with Crippen LogP contribution in [0.25, 0.3) is 0 Å². The number of rotatable bonds is 7. The van der Waals surface area contributed by atoms with E-state index >= 15 is 0 Å². The number of sulfonamides is 1. The van der Waals surface area contributed by atoms with Crippen LogP contribution in [-0.4, -0.2) is 72.5 Å². The van der Waals surface area contributed by atoms with Crippen molar-refractivity contribution in [2.45, 2.75) is 50.5 Å². The summed E-state index contributed by atoms with van der Waals surface area (Å²) in [6, 6.07) is 4.50. The largest absolute Gasteiger partial charge is 0.472 e. The van der Waals surface area contributed by atoms with Crippen molar-refractivity contribution in [2.75, 3.05) is 26.7 Å². The highest BCUT2D eigenvalue weighted by molar-refractivity contribution is 7.91. The van der Waals surface area contributed by atoms with Crippen molar-refractivity contribution in [3.63, 3.8) is 0 Å². The van der Waals surface area contributed by atoms with E-state index in [0.717, 1.165) is 17.8 Å². The van der Waals surface area contributed by atoms with E-state index in [0.29, 0.717) is 18.0 Å². The third kappa shape index (κ3) is 6.41. The Bertz CT molecular complexity index is 1190. The lowest BCUT2D eigenvalue weighted by atomic mass is 10.00. The minimum Gasteiger partial charge on any atom is -0.472 e. The fraction of sp³-hybridized carbons (Fsp3) is 0.520. The van der Waals surface area contributed by atoms with Crippen LogP contribution in [0.2, 0.25) is 0 Å². The van der Waals surface area contributed by atoms with Crippen LogP contribution in [0.4, 0.5) is 0 Å². The summed E-state index contributed by atoms with van der Waals surface area (Å²) in [5.74, 6) is 6.19. The van der Waals surface area contributed by atoms with Crippen LogP contribution < -0.4 is 4.74 Å². The number of aliphatic hydroxyl groups excluding tert-OH is 1. The lowest BCUT2D eigenvalue weighted by Gasteiger charge is -2.37. The van der Waals surface area contributed by atoms with Crippen molar-refractivity contribution >= 4 is 27.3 Å². The topological polar surface area (TPSA) is 100 Å². The van der Waals surface area contributed by atoms with Gasteiger partial charge in [0.15, 0.2) is 0 Å². The molecule has 0 saturated carbocycles. The minimum absolute atomic E-state index is 0.0774. The molecule has 0 saturated heterocycles. The van der Waals surface area contributed by atoms with Gasteiger partial charge in [-0.05, 0) is 30.4 Å². The van der Waals surface area contributed by atoms with E-state index in [1.54, 1.807) is 41.6 Å². The number of pyridine rings is 1. The highest BCUT2D eigenvalue weighted by Crippen LogP contribution is 2.28. The van der Waals surface area contributed by atoms with Crippen molar-refractivity contribution in [3.05, 3.63) is 40.9 Å². The van der Waals surface area contributed by atoms with Crippen LogP contribution >= 0.6 is 11.3 Å². The van der Waals surface area contributed by atoms with Gasteiger partial charge in [0.05, 0.1) is 19.2 Å². The molecule has 0 fully saturated rings. The van der Waals surface area contributed by atoms with Crippen LogP contribution in [0.15, 0.2) is 34.0 Å². The molecule has 2 aromatic heterocycles. The molecule has 0 aliphatic carbocycles. The molecule has 0 spiro atoms. The summed E-state index contributed by atoms with van der Waals surface area (Å²) in [6.45, 7) is 8.00. The second-order valence-electron chi connectivity index (χ2n) is 9.32. The number of thiophene rings is 1. The van der Waals surface area contributed by atoms with E-state index in [1.165, 1.54) is 11.4 Å². The molecule has 0 unspecified atom stereocenters. The number of amides is 1. The van der Waals surface area contributed by atoms with Crippen molar-refractivity contribution in [2.24, 2.45) is 11.8 Å². The molecule has 3 rings (SSSR count). The molecule has 3 heterocycles. The van der Waals surface area contributed by atoms with Crippen molar-refractivity contribution in [3.8, 4) is 17.7 Å². The van der Waals surface area contributed by atoms with Gasteiger partial charge in [-0.1, -0.05) is 38.7 Å². The third-order valence-electron chi connectivity index (χ3n) is 5.86. The van der Waals surface area contributed by atoms with Gasteiger partial charge < -0.3 is 14.7 Å². The number of carbonyl (C=O) groups is 1. The van der Waals surface area contributed by atoms with Crippen molar-refractivity contribution in [1.82, 2.24) is 14.2 Å². The van der Waals surface area contributed by atoms with Gasteiger partial charge in [-0.25, -0.2) is 13.4 Å². The van der Waals surface area contributed by atoms with Gasteiger partial charge in [-0.3, -0.25) is 4.79 Å². The number of fused-ring (bicyclic) bond motifs is 1. The predicted octanol–water partition coefficient (Wildman–Crippen LogP) is 3.08. The molecule has 8 nitrogen and oxygen atoms in total. The average Bonchev–Trinajstić information content (AvgIpc) is 3.36. The van der Waals surface area contributed by atoms with Crippen LogP contribution in [0.5, 0.6) is 5.88 Å². The van der Waals surface area contributed by atoms with E-state index in [4.69, 9.17) is 4.74 Å². The van der Waals surface area contributed by atoms with Gasteiger partial charge >= 0.3 is 0 Å². The maximum atomic E-state index is 13.5. The van der Waals surface area contributed by atoms with E-state index in [9.17, 15) is 18.3 Å². The van der Waals surface area contributed by atoms with Crippen LogP contribution in [0, 0.1) is 23.7 Å². The van der Waals surface area contributed by atoms with Gasteiger partial charge in [-0.15, -0.1) is 11.3 Å². The first kappa shape index (κ1) is 27.1. The molecule has 0 aromatic carbocycles. The summed E-state index contributed by atoms with van der Waals surface area (Å²) in [7, 11) is -2.15. The molecule has 1 aliphatic rings. The van der Waals surface area contributed by atoms with Gasteiger partial charge in [-0.2, -0.15) is 4.31 Å². The molecule has 10 heteroatoms. The number of hydrogen-bond donors (Lipinski definition) is 1. The standard InChI is InChI=1S/C25H33N3O5S2/c1-17(2)8-6-9-20-12-21-24(26-13-20)33-22(18(3)14-28(25(21)30)19(4)16-29)15-27(5)35(31,32)23-10-7-11-34-23/h7,10-13,17-19,22,29H,8,14-16H2,1-5H3/t18-,19-,22+/m1/s1. The minimum atomic E-state index is -3.67. The van der Waals surface area contributed by atoms with E-state index in [-0.39, 0.29) is 40.6 Å². The monoisotopic (exact) mass is 519 g/mol. The Morgan fingerprint density at radius 3 is 2.74 bits per heavy atom. The van der Waals surface area contributed by atoms with Crippen molar-refractivity contribution in [1.29, 1.82) is 0 Å². The Morgan fingerprint density at radius 2 is 2.11 bits per heavy atom. The maximum absolute atomic E-state index is 13.5. The lowest BCUT2D eigenvalue weighted by Crippen LogP contribution is -2.50. The number of ether oxygens (including phenoxy) is 1. The van der Waals surface area contributed by atoms with Crippen LogP contribution in [0.1, 0.15) is 50.0 Å². The number of nitrogens with zero attached hydrogens (tertiary/aromatic N) is 3.